The number of carbonyl (C=O) groups is 1. The van der Waals surface area contributed by atoms with Gasteiger partial charge in [0.2, 0.25) is 0 Å². The smallest absolute Gasteiger partial charge is 0.255 e. The molecule has 1 aromatic carbocycles. The van der Waals surface area contributed by atoms with Crippen molar-refractivity contribution in [3.05, 3.63) is 58.3 Å². The largest absolute Gasteiger partial charge is 0.320 e. The van der Waals surface area contributed by atoms with Gasteiger partial charge in [0.25, 0.3) is 5.91 Å². The van der Waals surface area contributed by atoms with Crippen molar-refractivity contribution < 1.29 is 4.79 Å². The molecule has 0 aliphatic carbocycles. The first-order valence-corrected chi connectivity index (χ1v) is 7.19. The lowest BCUT2D eigenvalue weighted by atomic mass is 9.87. The number of halogens is 1. The van der Waals surface area contributed by atoms with Crippen molar-refractivity contribution in [2.24, 2.45) is 0 Å². The van der Waals surface area contributed by atoms with Gasteiger partial charge in [-0.15, -0.1) is 0 Å². The molecule has 104 valence electrons. The van der Waals surface area contributed by atoms with Gasteiger partial charge in [-0.1, -0.05) is 32.9 Å². The van der Waals surface area contributed by atoms with E-state index in [0.29, 0.717) is 15.9 Å². The van der Waals surface area contributed by atoms with Crippen molar-refractivity contribution in [2.45, 2.75) is 26.2 Å². The highest BCUT2D eigenvalue weighted by molar-refractivity contribution is 9.10. The van der Waals surface area contributed by atoms with Gasteiger partial charge in [-0.05, 0) is 51.2 Å². The van der Waals surface area contributed by atoms with Gasteiger partial charge in [0.1, 0.15) is 4.60 Å². The summed E-state index contributed by atoms with van der Waals surface area (Å²) >= 11 is 3.31. The Morgan fingerprint density at radius 1 is 1.15 bits per heavy atom. The van der Waals surface area contributed by atoms with Gasteiger partial charge >= 0.3 is 0 Å². The van der Waals surface area contributed by atoms with Crippen molar-refractivity contribution in [1.29, 1.82) is 0 Å². The van der Waals surface area contributed by atoms with Gasteiger partial charge in [0.15, 0.2) is 0 Å². The molecule has 0 bridgehead atoms. The van der Waals surface area contributed by atoms with E-state index in [1.807, 2.05) is 24.3 Å². The molecule has 0 fully saturated rings. The minimum absolute atomic E-state index is 0.0847. The molecule has 0 aliphatic rings. The monoisotopic (exact) mass is 332 g/mol. The van der Waals surface area contributed by atoms with Crippen molar-refractivity contribution >= 4 is 27.5 Å². The Labute approximate surface area is 127 Å². The highest BCUT2D eigenvalue weighted by Gasteiger charge is 2.14. The van der Waals surface area contributed by atoms with E-state index in [-0.39, 0.29) is 11.3 Å². The molecule has 20 heavy (non-hydrogen) atoms. The lowest BCUT2D eigenvalue weighted by Crippen LogP contribution is -2.14. The Balaban J connectivity index is 2.16. The van der Waals surface area contributed by atoms with Gasteiger partial charge in [-0.25, -0.2) is 4.98 Å². The van der Waals surface area contributed by atoms with Gasteiger partial charge < -0.3 is 5.32 Å². The normalized spacial score (nSPS) is 11.2. The summed E-state index contributed by atoms with van der Waals surface area (Å²) in [6.07, 6.45) is 1.66. The fraction of sp³-hybridized carbons (Fsp3) is 0.250. The first-order valence-electron chi connectivity index (χ1n) is 6.40. The van der Waals surface area contributed by atoms with Crippen LogP contribution in [-0.4, -0.2) is 10.9 Å². The van der Waals surface area contributed by atoms with Crippen LogP contribution in [0.1, 0.15) is 36.7 Å². The second kappa shape index (κ2) is 5.75. The van der Waals surface area contributed by atoms with E-state index in [9.17, 15) is 4.79 Å². The van der Waals surface area contributed by atoms with Crippen LogP contribution in [0.5, 0.6) is 0 Å². The number of nitrogens with one attached hydrogen (secondary N) is 1. The third-order valence-electron chi connectivity index (χ3n) is 3.02. The number of aromatic nitrogens is 1. The summed E-state index contributed by atoms with van der Waals surface area (Å²) in [5.41, 5.74) is 2.59. The van der Waals surface area contributed by atoms with Crippen LogP contribution >= 0.6 is 15.9 Å². The Morgan fingerprint density at radius 3 is 2.35 bits per heavy atom. The van der Waals surface area contributed by atoms with Crippen molar-refractivity contribution in [3.63, 3.8) is 0 Å². The quantitative estimate of drug-likeness (QED) is 0.828. The molecule has 1 N–H and O–H groups in total. The summed E-state index contributed by atoms with van der Waals surface area (Å²) in [4.78, 5) is 16.2. The second-order valence-electron chi connectivity index (χ2n) is 5.62. The fourth-order valence-corrected chi connectivity index (χ4v) is 2.14. The number of benzene rings is 1. The standard InChI is InChI=1S/C16H17BrN2O/c1-16(2,3)12-8-6-11(7-9-12)15(20)19-13-5-4-10-18-14(13)17/h4-10H,1-3H3,(H,19,20). The molecule has 3 nitrogen and oxygen atoms in total. The van der Waals surface area contributed by atoms with Crippen LogP contribution in [0, 0.1) is 0 Å². The summed E-state index contributed by atoms with van der Waals surface area (Å²) in [7, 11) is 0. The summed E-state index contributed by atoms with van der Waals surface area (Å²) in [5, 5.41) is 2.84. The SMILES string of the molecule is CC(C)(C)c1ccc(C(=O)Nc2cccnc2Br)cc1. The number of carbonyl (C=O) groups excluding carboxylic acids is 1. The van der Waals surface area contributed by atoms with Gasteiger partial charge in [0.05, 0.1) is 5.69 Å². The number of hydrogen-bond acceptors (Lipinski definition) is 2. The molecule has 1 amide bonds. The van der Waals surface area contributed by atoms with E-state index in [4.69, 9.17) is 0 Å². The maximum atomic E-state index is 12.2. The minimum atomic E-state index is -0.140. The van der Waals surface area contributed by atoms with Crippen LogP contribution < -0.4 is 5.32 Å². The molecular weight excluding hydrogens is 316 g/mol. The third kappa shape index (κ3) is 3.45. The van der Waals surface area contributed by atoms with E-state index >= 15 is 0 Å². The Bertz CT molecular complexity index is 615. The lowest BCUT2D eigenvalue weighted by molar-refractivity contribution is 0.102. The fourth-order valence-electron chi connectivity index (χ4n) is 1.80. The zero-order valence-electron chi connectivity index (χ0n) is 11.8. The maximum absolute atomic E-state index is 12.2. The molecule has 0 saturated heterocycles. The molecule has 0 aliphatic heterocycles. The van der Waals surface area contributed by atoms with Crippen LogP contribution in [0.4, 0.5) is 5.69 Å². The van der Waals surface area contributed by atoms with Gasteiger partial charge in [0, 0.05) is 11.8 Å². The molecule has 0 unspecified atom stereocenters. The van der Waals surface area contributed by atoms with E-state index in [2.05, 4.69) is 47.0 Å². The second-order valence-corrected chi connectivity index (χ2v) is 6.37. The van der Waals surface area contributed by atoms with Gasteiger partial charge in [-0.2, -0.15) is 0 Å². The van der Waals surface area contributed by atoms with Gasteiger partial charge in [-0.3, -0.25) is 4.79 Å². The first-order chi connectivity index (χ1) is 9.38. The number of nitrogens with zero attached hydrogens (tertiary/aromatic N) is 1. The predicted octanol–water partition coefficient (Wildman–Crippen LogP) is 4.39. The average Bonchev–Trinajstić information content (AvgIpc) is 2.40. The van der Waals surface area contributed by atoms with Crippen LogP contribution in [0.15, 0.2) is 47.2 Å². The van der Waals surface area contributed by atoms with Crippen molar-refractivity contribution in [1.82, 2.24) is 4.98 Å². The Kier molecular flexibility index (Phi) is 4.23. The number of pyridine rings is 1. The molecule has 1 heterocycles. The molecule has 0 radical (unpaired) electrons. The van der Waals surface area contributed by atoms with Crippen molar-refractivity contribution in [2.75, 3.05) is 5.32 Å². The molecule has 0 atom stereocenters. The van der Waals surface area contributed by atoms with E-state index in [1.165, 1.54) is 5.56 Å². The van der Waals surface area contributed by atoms with E-state index < -0.39 is 0 Å². The van der Waals surface area contributed by atoms with Crippen molar-refractivity contribution in [3.8, 4) is 0 Å². The Hall–Kier alpha value is -1.68. The topological polar surface area (TPSA) is 42.0 Å². The van der Waals surface area contributed by atoms with Crippen LogP contribution in [0.25, 0.3) is 0 Å². The summed E-state index contributed by atoms with van der Waals surface area (Å²) in [6, 6.07) is 11.3. The third-order valence-corrected chi connectivity index (χ3v) is 3.65. The molecular formula is C16H17BrN2O. The average molecular weight is 333 g/mol. The van der Waals surface area contributed by atoms with Crippen LogP contribution in [-0.2, 0) is 5.41 Å². The zero-order chi connectivity index (χ0) is 14.8. The number of rotatable bonds is 2. The van der Waals surface area contributed by atoms with Crippen LogP contribution in [0.3, 0.4) is 0 Å². The summed E-state index contributed by atoms with van der Waals surface area (Å²) in [5.74, 6) is -0.140. The first kappa shape index (κ1) is 14.7. The lowest BCUT2D eigenvalue weighted by Gasteiger charge is -2.19. The molecule has 2 aromatic rings. The number of hydrogen-bond donors (Lipinski definition) is 1. The maximum Gasteiger partial charge on any atom is 0.255 e. The summed E-state index contributed by atoms with van der Waals surface area (Å²) in [6.45, 7) is 6.44. The van der Waals surface area contributed by atoms with E-state index in [0.717, 1.165) is 0 Å². The number of anilines is 1. The Morgan fingerprint density at radius 2 is 1.80 bits per heavy atom. The minimum Gasteiger partial charge on any atom is -0.320 e. The number of amides is 1. The molecule has 1 aromatic heterocycles. The molecule has 0 spiro atoms. The highest BCUT2D eigenvalue weighted by Crippen LogP contribution is 2.23. The summed E-state index contributed by atoms with van der Waals surface area (Å²) < 4.78 is 0.625. The van der Waals surface area contributed by atoms with Crippen LogP contribution in [0.2, 0.25) is 0 Å². The molecule has 4 heteroatoms. The highest BCUT2D eigenvalue weighted by atomic mass is 79.9. The molecule has 2 rings (SSSR count). The van der Waals surface area contributed by atoms with E-state index in [1.54, 1.807) is 18.3 Å². The molecule has 0 saturated carbocycles. The predicted molar refractivity (Wildman–Crippen MR) is 85.0 cm³/mol. The zero-order valence-corrected chi connectivity index (χ0v) is 13.4.